The van der Waals surface area contributed by atoms with Crippen molar-refractivity contribution in [3.05, 3.63) is 108 Å². The van der Waals surface area contributed by atoms with Gasteiger partial charge in [-0.05, 0) is 48.2 Å². The summed E-state index contributed by atoms with van der Waals surface area (Å²) < 4.78 is 5.48. The van der Waals surface area contributed by atoms with Gasteiger partial charge in [0.15, 0.2) is 0 Å². The molecule has 1 unspecified atom stereocenters. The number of carbonyl (C=O) groups excluding carboxylic acids is 4. The van der Waals surface area contributed by atoms with Crippen LogP contribution < -0.4 is 10.1 Å². The van der Waals surface area contributed by atoms with Gasteiger partial charge in [0.2, 0.25) is 11.8 Å². The van der Waals surface area contributed by atoms with Crippen LogP contribution in [0.1, 0.15) is 49.8 Å². The molecule has 4 amide bonds. The highest BCUT2D eigenvalue weighted by Crippen LogP contribution is 2.33. The van der Waals surface area contributed by atoms with E-state index in [1.54, 1.807) is 45.2 Å². The zero-order valence-electron chi connectivity index (χ0n) is 28.1. The van der Waals surface area contributed by atoms with Gasteiger partial charge in [-0.3, -0.25) is 19.4 Å². The number of piperazine rings is 1. The van der Waals surface area contributed by atoms with Crippen molar-refractivity contribution in [2.75, 3.05) is 13.6 Å². The topological polar surface area (TPSA) is 115 Å². The summed E-state index contributed by atoms with van der Waals surface area (Å²) in [6, 6.07) is 24.6. The molecule has 2 aliphatic rings. The molecule has 0 bridgehead atoms. The van der Waals surface area contributed by atoms with Gasteiger partial charge in [0.05, 0.1) is 18.1 Å². The number of urea groups is 1. The van der Waals surface area contributed by atoms with Crippen molar-refractivity contribution in [2.24, 2.45) is 0 Å². The lowest BCUT2D eigenvalue weighted by Gasteiger charge is -2.57. The van der Waals surface area contributed by atoms with E-state index >= 15 is 0 Å². The van der Waals surface area contributed by atoms with E-state index in [1.165, 1.54) is 0 Å². The SMILES string of the molecule is CCCCC(=O)Oc1ccc(C[C@H]2C(=O)N(Cc3cccc4cccnc34)[C@@H](C)C3N2C(=O)CN(C)N3C(=O)NCc2ccccc2)cc1. The number of aromatic nitrogens is 1. The van der Waals surface area contributed by atoms with E-state index < -0.39 is 18.2 Å². The average Bonchev–Trinajstić information content (AvgIpc) is 3.11. The molecule has 4 aromatic rings. The monoisotopic (exact) mass is 662 g/mol. The summed E-state index contributed by atoms with van der Waals surface area (Å²) in [4.78, 5) is 62.5. The predicted octanol–water partition coefficient (Wildman–Crippen LogP) is 4.90. The molecule has 2 fully saturated rings. The summed E-state index contributed by atoms with van der Waals surface area (Å²) in [6.07, 6.45) is 3.17. The van der Waals surface area contributed by atoms with Gasteiger partial charge in [-0.1, -0.05) is 80.1 Å². The van der Waals surface area contributed by atoms with Crippen LogP contribution in [0, 0.1) is 0 Å². The minimum atomic E-state index is -0.882. The number of likely N-dealkylation sites (N-methyl/N-ethyl adjacent to an activating group) is 1. The molecule has 11 heteroatoms. The van der Waals surface area contributed by atoms with Crippen LogP contribution >= 0.6 is 0 Å². The van der Waals surface area contributed by atoms with Crippen molar-refractivity contribution in [3.63, 3.8) is 0 Å². The molecule has 3 atom stereocenters. The van der Waals surface area contributed by atoms with Crippen LogP contribution in [-0.2, 0) is 33.9 Å². The van der Waals surface area contributed by atoms with Crippen LogP contribution in [-0.4, -0.2) is 80.5 Å². The highest BCUT2D eigenvalue weighted by molar-refractivity contribution is 5.92. The Morgan fingerprint density at radius 1 is 0.939 bits per heavy atom. The Morgan fingerprint density at radius 3 is 2.45 bits per heavy atom. The minimum absolute atomic E-state index is 0.0638. The number of hydrogen-bond donors (Lipinski definition) is 1. The first-order chi connectivity index (χ1) is 23.7. The zero-order chi connectivity index (χ0) is 34.5. The van der Waals surface area contributed by atoms with Gasteiger partial charge in [-0.15, -0.1) is 0 Å². The van der Waals surface area contributed by atoms with E-state index in [1.807, 2.05) is 86.6 Å². The Hall–Kier alpha value is -5.29. The molecule has 0 aliphatic carbocycles. The number of amides is 4. The number of benzene rings is 3. The maximum atomic E-state index is 14.6. The quantitative estimate of drug-likeness (QED) is 0.190. The Morgan fingerprint density at radius 2 is 1.69 bits per heavy atom. The van der Waals surface area contributed by atoms with E-state index in [4.69, 9.17) is 4.74 Å². The second kappa shape index (κ2) is 14.9. The third-order valence-corrected chi connectivity index (χ3v) is 9.25. The van der Waals surface area contributed by atoms with Gasteiger partial charge in [-0.25, -0.2) is 14.8 Å². The van der Waals surface area contributed by atoms with E-state index in [0.29, 0.717) is 18.7 Å². The first-order valence-corrected chi connectivity index (χ1v) is 16.8. The normalized spacial score (nSPS) is 19.6. The molecule has 2 aliphatic heterocycles. The standard InChI is InChI=1S/C38H42N6O5/c1-4-5-16-34(46)49-31-19-17-27(18-20-31)22-32-37(47)42(24-30-14-9-13-29-15-10-21-39-35(29)30)26(2)36-43(32)33(45)25-41(3)44(36)38(48)40-23-28-11-7-6-8-12-28/h6-15,17-21,26,32,36H,4-5,16,22-25H2,1-3H3,(H,40,48)/t26-,32-,36?/m0/s1. The average molecular weight is 663 g/mol. The van der Waals surface area contributed by atoms with Crippen LogP contribution in [0.5, 0.6) is 5.75 Å². The molecule has 6 rings (SSSR count). The first-order valence-electron chi connectivity index (χ1n) is 16.8. The van der Waals surface area contributed by atoms with Gasteiger partial charge >= 0.3 is 12.0 Å². The van der Waals surface area contributed by atoms with Crippen LogP contribution in [0.3, 0.4) is 0 Å². The Kier molecular flexibility index (Phi) is 10.2. The van der Waals surface area contributed by atoms with Crippen LogP contribution in [0.4, 0.5) is 4.79 Å². The molecule has 1 N–H and O–H groups in total. The summed E-state index contributed by atoms with van der Waals surface area (Å²) in [7, 11) is 1.72. The second-order valence-electron chi connectivity index (χ2n) is 12.7. The fourth-order valence-corrected chi connectivity index (χ4v) is 6.72. The number of fused-ring (bicyclic) bond motifs is 2. The molecule has 254 valence electrons. The smallest absolute Gasteiger partial charge is 0.334 e. The highest BCUT2D eigenvalue weighted by atomic mass is 16.5. The van der Waals surface area contributed by atoms with Gasteiger partial charge in [0.25, 0.3) is 0 Å². The van der Waals surface area contributed by atoms with E-state index in [-0.39, 0.29) is 43.3 Å². The zero-order valence-corrected chi connectivity index (χ0v) is 28.1. The number of para-hydroxylation sites is 1. The summed E-state index contributed by atoms with van der Waals surface area (Å²) >= 11 is 0. The molecular formula is C38H42N6O5. The predicted molar refractivity (Wildman–Crippen MR) is 185 cm³/mol. The van der Waals surface area contributed by atoms with Gasteiger partial charge in [0, 0.05) is 44.6 Å². The van der Waals surface area contributed by atoms with Crippen LogP contribution in [0.25, 0.3) is 10.9 Å². The summed E-state index contributed by atoms with van der Waals surface area (Å²) in [5, 5.41) is 7.18. The number of hydrogen-bond acceptors (Lipinski definition) is 7. The van der Waals surface area contributed by atoms with Crippen molar-refractivity contribution in [1.29, 1.82) is 0 Å². The van der Waals surface area contributed by atoms with Gasteiger partial charge < -0.3 is 19.9 Å². The molecule has 1 aromatic heterocycles. The number of rotatable bonds is 10. The Balaban J connectivity index is 1.33. The number of nitrogens with one attached hydrogen (secondary N) is 1. The fourth-order valence-electron chi connectivity index (χ4n) is 6.72. The highest BCUT2D eigenvalue weighted by Gasteiger charge is 2.54. The van der Waals surface area contributed by atoms with Crippen molar-refractivity contribution in [2.45, 2.75) is 70.9 Å². The minimum Gasteiger partial charge on any atom is -0.427 e. The molecule has 0 radical (unpaired) electrons. The molecule has 3 aromatic carbocycles. The third kappa shape index (κ3) is 7.26. The number of nitrogens with zero attached hydrogens (tertiary/aromatic N) is 5. The van der Waals surface area contributed by atoms with E-state index in [9.17, 15) is 19.2 Å². The Labute approximate surface area is 286 Å². The lowest BCUT2D eigenvalue weighted by molar-refractivity contribution is -0.196. The van der Waals surface area contributed by atoms with Crippen molar-refractivity contribution < 1.29 is 23.9 Å². The summed E-state index contributed by atoms with van der Waals surface area (Å²) in [6.45, 7) is 4.39. The molecule has 11 nitrogen and oxygen atoms in total. The van der Waals surface area contributed by atoms with Crippen molar-refractivity contribution >= 4 is 34.7 Å². The molecule has 2 saturated heterocycles. The molecule has 0 spiro atoms. The summed E-state index contributed by atoms with van der Waals surface area (Å²) in [5.41, 5.74) is 3.40. The lowest BCUT2D eigenvalue weighted by atomic mass is 9.94. The first kappa shape index (κ1) is 33.6. The largest absolute Gasteiger partial charge is 0.427 e. The number of hydrazine groups is 1. The number of esters is 1. The Bertz CT molecular complexity index is 1810. The van der Waals surface area contributed by atoms with Crippen molar-refractivity contribution in [3.8, 4) is 5.75 Å². The second-order valence-corrected chi connectivity index (χ2v) is 12.7. The third-order valence-electron chi connectivity index (χ3n) is 9.25. The van der Waals surface area contributed by atoms with Gasteiger partial charge in [-0.2, -0.15) is 0 Å². The maximum absolute atomic E-state index is 14.6. The fraction of sp³-hybridized carbons (Fsp3) is 0.342. The maximum Gasteiger partial charge on any atom is 0.334 e. The number of ether oxygens (including phenoxy) is 1. The summed E-state index contributed by atoms with van der Waals surface area (Å²) in [5.74, 6) is -0.318. The molecular weight excluding hydrogens is 620 g/mol. The van der Waals surface area contributed by atoms with E-state index in [2.05, 4.69) is 10.3 Å². The van der Waals surface area contributed by atoms with Crippen molar-refractivity contribution in [1.82, 2.24) is 30.1 Å². The van der Waals surface area contributed by atoms with Crippen LogP contribution in [0.2, 0.25) is 0 Å². The molecule has 3 heterocycles. The van der Waals surface area contributed by atoms with E-state index in [0.717, 1.165) is 40.4 Å². The number of carbonyl (C=O) groups is 4. The lowest BCUT2D eigenvalue weighted by Crippen LogP contribution is -2.78. The molecule has 0 saturated carbocycles. The molecule has 49 heavy (non-hydrogen) atoms. The van der Waals surface area contributed by atoms with Crippen LogP contribution in [0.15, 0.2) is 91.1 Å². The number of unbranched alkanes of at least 4 members (excludes halogenated alkanes) is 1. The van der Waals surface area contributed by atoms with Gasteiger partial charge in [0.1, 0.15) is 18.0 Å². The number of pyridine rings is 1.